The number of nitrogens with zero attached hydrogens (tertiary/aromatic N) is 2. The lowest BCUT2D eigenvalue weighted by Gasteiger charge is -2.15. The summed E-state index contributed by atoms with van der Waals surface area (Å²) >= 11 is 0. The molecule has 0 radical (unpaired) electrons. The van der Waals surface area contributed by atoms with E-state index in [0.717, 1.165) is 26.2 Å². The summed E-state index contributed by atoms with van der Waals surface area (Å²) in [6, 6.07) is 10.2. The maximum Gasteiger partial charge on any atom is 0.0517 e. The third-order valence-electron chi connectivity index (χ3n) is 2.48. The molecule has 2 nitrogen and oxygen atoms in total. The zero-order valence-electron chi connectivity index (χ0n) is 9.69. The van der Waals surface area contributed by atoms with Crippen LogP contribution in [0.4, 0.5) is 0 Å². The van der Waals surface area contributed by atoms with Gasteiger partial charge >= 0.3 is 0 Å². The highest BCUT2D eigenvalue weighted by molar-refractivity contribution is 5.79. The van der Waals surface area contributed by atoms with Gasteiger partial charge in [-0.2, -0.15) is 0 Å². The summed E-state index contributed by atoms with van der Waals surface area (Å²) in [6.45, 7) is 8.52. The number of rotatable bonds is 6. The first kappa shape index (κ1) is 11.9. The average Bonchev–Trinajstić information content (AvgIpc) is 2.31. The van der Waals surface area contributed by atoms with Crippen LogP contribution in [0.1, 0.15) is 19.4 Å². The normalized spacial score (nSPS) is 11.4. The number of hydrogen-bond acceptors (Lipinski definition) is 2. The van der Waals surface area contributed by atoms with Crippen LogP contribution in [0, 0.1) is 0 Å². The van der Waals surface area contributed by atoms with Gasteiger partial charge in [-0.05, 0) is 18.7 Å². The third kappa shape index (κ3) is 4.75. The van der Waals surface area contributed by atoms with Crippen molar-refractivity contribution in [2.75, 3.05) is 26.2 Å². The van der Waals surface area contributed by atoms with Crippen molar-refractivity contribution in [3.8, 4) is 0 Å². The van der Waals surface area contributed by atoms with Gasteiger partial charge in [-0.3, -0.25) is 4.99 Å². The Morgan fingerprint density at radius 1 is 1.13 bits per heavy atom. The average molecular weight is 204 g/mol. The van der Waals surface area contributed by atoms with Crippen molar-refractivity contribution in [3.63, 3.8) is 0 Å². The molecule has 0 heterocycles. The molecule has 0 saturated carbocycles. The third-order valence-corrected chi connectivity index (χ3v) is 2.48. The van der Waals surface area contributed by atoms with E-state index in [2.05, 4.69) is 35.9 Å². The Kier molecular flexibility index (Phi) is 5.71. The van der Waals surface area contributed by atoms with Gasteiger partial charge in [0.25, 0.3) is 0 Å². The molecule has 2 heteroatoms. The van der Waals surface area contributed by atoms with Crippen LogP contribution in [0.15, 0.2) is 35.3 Å². The highest BCUT2D eigenvalue weighted by Crippen LogP contribution is 1.94. The standard InChI is InChI=1S/C13H20N2/c1-3-15(4-2)11-10-14-12-13-8-6-5-7-9-13/h5-9,12H,3-4,10-11H2,1-2H3. The summed E-state index contributed by atoms with van der Waals surface area (Å²) in [5, 5.41) is 0. The first-order chi connectivity index (χ1) is 7.36. The Labute approximate surface area is 92.6 Å². The fourth-order valence-electron chi connectivity index (χ4n) is 1.45. The second-order valence-electron chi connectivity index (χ2n) is 3.47. The smallest absolute Gasteiger partial charge is 0.0517 e. The second kappa shape index (κ2) is 7.18. The first-order valence-electron chi connectivity index (χ1n) is 5.64. The summed E-state index contributed by atoms with van der Waals surface area (Å²) in [4.78, 5) is 6.79. The van der Waals surface area contributed by atoms with Gasteiger partial charge in [-0.25, -0.2) is 0 Å². The van der Waals surface area contributed by atoms with E-state index >= 15 is 0 Å². The van der Waals surface area contributed by atoms with Gasteiger partial charge in [-0.1, -0.05) is 44.2 Å². The lowest BCUT2D eigenvalue weighted by Crippen LogP contribution is -2.25. The second-order valence-corrected chi connectivity index (χ2v) is 3.47. The lowest BCUT2D eigenvalue weighted by molar-refractivity contribution is 0.313. The van der Waals surface area contributed by atoms with E-state index in [9.17, 15) is 0 Å². The van der Waals surface area contributed by atoms with E-state index in [-0.39, 0.29) is 0 Å². The molecule has 0 spiro atoms. The molecule has 1 aromatic rings. The Morgan fingerprint density at radius 3 is 2.40 bits per heavy atom. The van der Waals surface area contributed by atoms with E-state index in [4.69, 9.17) is 0 Å². The molecule has 1 rings (SSSR count). The number of hydrogen-bond donors (Lipinski definition) is 0. The zero-order chi connectivity index (χ0) is 10.9. The van der Waals surface area contributed by atoms with Gasteiger partial charge in [0.05, 0.1) is 6.54 Å². The molecule has 0 unspecified atom stereocenters. The van der Waals surface area contributed by atoms with Gasteiger partial charge in [0, 0.05) is 12.8 Å². The molecule has 0 fully saturated rings. The monoisotopic (exact) mass is 204 g/mol. The van der Waals surface area contributed by atoms with E-state index in [1.807, 2.05) is 24.4 Å². The Balaban J connectivity index is 2.28. The van der Waals surface area contributed by atoms with Crippen LogP contribution >= 0.6 is 0 Å². The largest absolute Gasteiger partial charge is 0.302 e. The minimum Gasteiger partial charge on any atom is -0.302 e. The van der Waals surface area contributed by atoms with E-state index in [1.165, 1.54) is 5.56 Å². The lowest BCUT2D eigenvalue weighted by atomic mass is 10.2. The Bertz CT molecular complexity index is 276. The molecule has 1 aromatic carbocycles. The van der Waals surface area contributed by atoms with Crippen LogP contribution in [0.25, 0.3) is 0 Å². The van der Waals surface area contributed by atoms with Gasteiger partial charge in [0.1, 0.15) is 0 Å². The molecular formula is C13H20N2. The van der Waals surface area contributed by atoms with Crippen molar-refractivity contribution in [1.82, 2.24) is 4.90 Å². The van der Waals surface area contributed by atoms with Crippen molar-refractivity contribution in [2.24, 2.45) is 4.99 Å². The van der Waals surface area contributed by atoms with Crippen molar-refractivity contribution in [2.45, 2.75) is 13.8 Å². The molecule has 0 aliphatic rings. The van der Waals surface area contributed by atoms with Crippen molar-refractivity contribution < 1.29 is 0 Å². The molecular weight excluding hydrogens is 184 g/mol. The van der Waals surface area contributed by atoms with Crippen LogP contribution in [-0.4, -0.2) is 37.3 Å². The van der Waals surface area contributed by atoms with Crippen molar-refractivity contribution in [1.29, 1.82) is 0 Å². The van der Waals surface area contributed by atoms with Crippen molar-refractivity contribution >= 4 is 6.21 Å². The molecule has 0 aliphatic heterocycles. The summed E-state index contributed by atoms with van der Waals surface area (Å²) in [7, 11) is 0. The Hall–Kier alpha value is -1.15. The molecule has 0 saturated heterocycles. The maximum atomic E-state index is 4.41. The predicted octanol–water partition coefficient (Wildman–Crippen LogP) is 2.45. The quantitative estimate of drug-likeness (QED) is 0.650. The fraction of sp³-hybridized carbons (Fsp3) is 0.462. The summed E-state index contributed by atoms with van der Waals surface area (Å²) in [5.41, 5.74) is 1.18. The molecule has 15 heavy (non-hydrogen) atoms. The SMILES string of the molecule is CCN(CC)CCN=Cc1ccccc1. The zero-order valence-corrected chi connectivity index (χ0v) is 9.69. The summed E-state index contributed by atoms with van der Waals surface area (Å²) < 4.78 is 0. The Morgan fingerprint density at radius 2 is 1.80 bits per heavy atom. The summed E-state index contributed by atoms with van der Waals surface area (Å²) in [5.74, 6) is 0. The highest BCUT2D eigenvalue weighted by atomic mass is 15.1. The minimum absolute atomic E-state index is 0.885. The van der Waals surface area contributed by atoms with Gasteiger partial charge in [0.2, 0.25) is 0 Å². The fourth-order valence-corrected chi connectivity index (χ4v) is 1.45. The molecule has 0 aromatic heterocycles. The molecule has 0 aliphatic carbocycles. The van der Waals surface area contributed by atoms with Crippen LogP contribution < -0.4 is 0 Å². The highest BCUT2D eigenvalue weighted by Gasteiger charge is 1.95. The van der Waals surface area contributed by atoms with Gasteiger partial charge in [-0.15, -0.1) is 0 Å². The van der Waals surface area contributed by atoms with Crippen LogP contribution in [0.5, 0.6) is 0 Å². The van der Waals surface area contributed by atoms with E-state index in [0.29, 0.717) is 0 Å². The number of likely N-dealkylation sites (N-methyl/N-ethyl adjacent to an activating group) is 1. The molecule has 82 valence electrons. The first-order valence-corrected chi connectivity index (χ1v) is 5.64. The predicted molar refractivity (Wildman–Crippen MR) is 66.7 cm³/mol. The molecule has 0 amide bonds. The van der Waals surface area contributed by atoms with Crippen LogP contribution in [-0.2, 0) is 0 Å². The van der Waals surface area contributed by atoms with Gasteiger partial charge < -0.3 is 4.90 Å². The maximum absolute atomic E-state index is 4.41. The van der Waals surface area contributed by atoms with Crippen molar-refractivity contribution in [3.05, 3.63) is 35.9 Å². The summed E-state index contributed by atoms with van der Waals surface area (Å²) in [6.07, 6.45) is 1.95. The van der Waals surface area contributed by atoms with Gasteiger partial charge in [0.15, 0.2) is 0 Å². The number of benzene rings is 1. The van der Waals surface area contributed by atoms with Crippen LogP contribution in [0.3, 0.4) is 0 Å². The molecule has 0 bridgehead atoms. The topological polar surface area (TPSA) is 15.6 Å². The number of aliphatic imine (C=N–C) groups is 1. The molecule has 0 atom stereocenters. The molecule has 0 N–H and O–H groups in total. The minimum atomic E-state index is 0.885. The van der Waals surface area contributed by atoms with Crippen LogP contribution in [0.2, 0.25) is 0 Å². The van der Waals surface area contributed by atoms with E-state index < -0.39 is 0 Å². The van der Waals surface area contributed by atoms with E-state index in [1.54, 1.807) is 0 Å².